The van der Waals surface area contributed by atoms with Crippen LogP contribution in [0.15, 0.2) is 76.8 Å². The Kier molecular flexibility index (Phi) is 5.65. The fourth-order valence-electron chi connectivity index (χ4n) is 3.26. The standard InChI is InChI=1S/C23H14ClF2N5OS/c24-13-5-8-20-27-15(10-21(32)31(20)11-13)12-33-23-29-19-4-2-1-3-16(19)22(30-23)28-14-6-7-17(25)18(26)9-14/h1-11H,12H2,(H,28,29,30). The minimum Gasteiger partial charge on any atom is -0.339 e. The molecule has 0 saturated carbocycles. The van der Waals surface area contributed by atoms with Crippen molar-refractivity contribution in [3.8, 4) is 0 Å². The third kappa shape index (κ3) is 4.50. The number of nitrogens with zero attached hydrogens (tertiary/aromatic N) is 4. The molecule has 0 bridgehead atoms. The molecule has 0 aliphatic carbocycles. The largest absolute Gasteiger partial charge is 0.339 e. The number of para-hydroxylation sites is 1. The number of anilines is 2. The molecule has 0 aliphatic heterocycles. The molecule has 0 fully saturated rings. The van der Waals surface area contributed by atoms with Crippen LogP contribution in [-0.4, -0.2) is 19.4 Å². The van der Waals surface area contributed by atoms with Crippen LogP contribution in [0.3, 0.4) is 0 Å². The van der Waals surface area contributed by atoms with Gasteiger partial charge in [-0.2, -0.15) is 0 Å². The topological polar surface area (TPSA) is 72.2 Å². The van der Waals surface area contributed by atoms with Crippen molar-refractivity contribution in [3.05, 3.63) is 99.6 Å². The first-order valence-electron chi connectivity index (χ1n) is 9.76. The molecule has 0 atom stereocenters. The van der Waals surface area contributed by atoms with Crippen LogP contribution in [0.2, 0.25) is 5.02 Å². The number of rotatable bonds is 5. The van der Waals surface area contributed by atoms with Gasteiger partial charge in [0.05, 0.1) is 16.2 Å². The van der Waals surface area contributed by atoms with Gasteiger partial charge < -0.3 is 5.32 Å². The molecule has 33 heavy (non-hydrogen) atoms. The number of halogens is 3. The molecule has 5 rings (SSSR count). The van der Waals surface area contributed by atoms with Crippen LogP contribution < -0.4 is 10.9 Å². The Balaban J connectivity index is 1.46. The maximum atomic E-state index is 13.7. The predicted molar refractivity (Wildman–Crippen MR) is 125 cm³/mol. The third-order valence-electron chi connectivity index (χ3n) is 4.79. The molecule has 0 radical (unpaired) electrons. The zero-order chi connectivity index (χ0) is 22.9. The normalized spacial score (nSPS) is 11.2. The Morgan fingerprint density at radius 1 is 0.970 bits per heavy atom. The highest BCUT2D eigenvalue weighted by atomic mass is 35.5. The minimum atomic E-state index is -0.956. The van der Waals surface area contributed by atoms with E-state index in [1.54, 1.807) is 12.1 Å². The van der Waals surface area contributed by atoms with E-state index in [2.05, 4.69) is 20.3 Å². The number of fused-ring (bicyclic) bond motifs is 2. The quantitative estimate of drug-likeness (QED) is 0.260. The number of nitrogens with one attached hydrogen (secondary N) is 1. The van der Waals surface area contributed by atoms with E-state index in [9.17, 15) is 13.6 Å². The number of pyridine rings is 1. The SMILES string of the molecule is O=c1cc(CSc2nc(Nc3ccc(F)c(F)c3)c3ccccc3n2)nc2ccc(Cl)cn12. The second-order valence-electron chi connectivity index (χ2n) is 7.08. The molecule has 2 aromatic carbocycles. The van der Waals surface area contributed by atoms with Crippen LogP contribution in [0.4, 0.5) is 20.3 Å². The average Bonchev–Trinajstić information content (AvgIpc) is 2.81. The van der Waals surface area contributed by atoms with Gasteiger partial charge in [0, 0.05) is 35.2 Å². The van der Waals surface area contributed by atoms with E-state index in [1.165, 1.54) is 34.5 Å². The van der Waals surface area contributed by atoms with E-state index in [-0.39, 0.29) is 5.56 Å². The van der Waals surface area contributed by atoms with Gasteiger partial charge in [0.15, 0.2) is 16.8 Å². The molecule has 0 unspecified atom stereocenters. The zero-order valence-corrected chi connectivity index (χ0v) is 18.4. The molecule has 6 nitrogen and oxygen atoms in total. The molecule has 10 heteroatoms. The van der Waals surface area contributed by atoms with Gasteiger partial charge in [-0.3, -0.25) is 9.20 Å². The van der Waals surface area contributed by atoms with E-state index in [0.717, 1.165) is 17.5 Å². The first kappa shape index (κ1) is 21.3. The van der Waals surface area contributed by atoms with Gasteiger partial charge in [-0.15, -0.1) is 0 Å². The summed E-state index contributed by atoms with van der Waals surface area (Å²) in [6, 6.07) is 15.7. The Labute approximate surface area is 195 Å². The molecule has 0 amide bonds. The van der Waals surface area contributed by atoms with Crippen molar-refractivity contribution in [3.63, 3.8) is 0 Å². The lowest BCUT2D eigenvalue weighted by atomic mass is 10.2. The lowest BCUT2D eigenvalue weighted by Crippen LogP contribution is -2.15. The van der Waals surface area contributed by atoms with Crippen LogP contribution in [-0.2, 0) is 5.75 Å². The van der Waals surface area contributed by atoms with Crippen molar-refractivity contribution >= 4 is 51.4 Å². The summed E-state index contributed by atoms with van der Waals surface area (Å²) in [5, 5.41) is 4.65. The summed E-state index contributed by atoms with van der Waals surface area (Å²) in [5.74, 6) is -1.07. The monoisotopic (exact) mass is 481 g/mol. The van der Waals surface area contributed by atoms with E-state index in [0.29, 0.717) is 44.3 Å². The number of hydrogen-bond donors (Lipinski definition) is 1. The lowest BCUT2D eigenvalue weighted by molar-refractivity contribution is 0.509. The van der Waals surface area contributed by atoms with Gasteiger partial charge in [0.1, 0.15) is 11.5 Å². The highest BCUT2D eigenvalue weighted by Gasteiger charge is 2.11. The van der Waals surface area contributed by atoms with Gasteiger partial charge in [0.25, 0.3) is 5.56 Å². The maximum absolute atomic E-state index is 13.7. The average molecular weight is 482 g/mol. The molecule has 0 aliphatic rings. The van der Waals surface area contributed by atoms with Crippen LogP contribution >= 0.6 is 23.4 Å². The lowest BCUT2D eigenvalue weighted by Gasteiger charge is -2.11. The molecular formula is C23H14ClF2N5OS. The van der Waals surface area contributed by atoms with Crippen LogP contribution in [0.1, 0.15) is 5.69 Å². The number of aromatic nitrogens is 4. The van der Waals surface area contributed by atoms with Crippen LogP contribution in [0, 0.1) is 11.6 Å². The Bertz CT molecular complexity index is 1580. The molecule has 0 saturated heterocycles. The molecule has 5 aromatic rings. The van der Waals surface area contributed by atoms with Gasteiger partial charge >= 0.3 is 0 Å². The highest BCUT2D eigenvalue weighted by Crippen LogP contribution is 2.28. The summed E-state index contributed by atoms with van der Waals surface area (Å²) in [4.78, 5) is 26.0. The second kappa shape index (κ2) is 8.76. The third-order valence-corrected chi connectivity index (χ3v) is 5.90. The van der Waals surface area contributed by atoms with Crippen molar-refractivity contribution in [2.45, 2.75) is 10.9 Å². The number of hydrogen-bond acceptors (Lipinski definition) is 6. The van der Waals surface area contributed by atoms with Gasteiger partial charge in [-0.25, -0.2) is 23.7 Å². The molecule has 3 aromatic heterocycles. The minimum absolute atomic E-state index is 0.238. The summed E-state index contributed by atoms with van der Waals surface area (Å²) in [5.41, 5.74) is 1.86. The number of benzene rings is 2. The summed E-state index contributed by atoms with van der Waals surface area (Å²) in [6.07, 6.45) is 1.52. The Morgan fingerprint density at radius 3 is 2.67 bits per heavy atom. The fourth-order valence-corrected chi connectivity index (χ4v) is 4.17. The maximum Gasteiger partial charge on any atom is 0.258 e. The van der Waals surface area contributed by atoms with Crippen molar-refractivity contribution in [2.75, 3.05) is 5.32 Å². The van der Waals surface area contributed by atoms with Gasteiger partial charge in [0.2, 0.25) is 0 Å². The zero-order valence-electron chi connectivity index (χ0n) is 16.8. The first-order valence-corrected chi connectivity index (χ1v) is 11.1. The highest BCUT2D eigenvalue weighted by molar-refractivity contribution is 7.98. The molecule has 3 heterocycles. The molecule has 164 valence electrons. The van der Waals surface area contributed by atoms with Crippen LogP contribution in [0.25, 0.3) is 16.6 Å². The predicted octanol–water partition coefficient (Wildman–Crippen LogP) is 5.61. The Morgan fingerprint density at radius 2 is 1.82 bits per heavy atom. The summed E-state index contributed by atoms with van der Waals surface area (Å²) >= 11 is 7.26. The van der Waals surface area contributed by atoms with Gasteiger partial charge in [-0.1, -0.05) is 35.5 Å². The van der Waals surface area contributed by atoms with E-state index in [1.807, 2.05) is 24.3 Å². The van der Waals surface area contributed by atoms with E-state index >= 15 is 0 Å². The van der Waals surface area contributed by atoms with Crippen molar-refractivity contribution in [1.82, 2.24) is 19.4 Å². The van der Waals surface area contributed by atoms with Gasteiger partial charge in [-0.05, 0) is 36.4 Å². The summed E-state index contributed by atoms with van der Waals surface area (Å²) in [6.45, 7) is 0. The second-order valence-corrected chi connectivity index (χ2v) is 8.45. The van der Waals surface area contributed by atoms with Crippen LogP contribution in [0.5, 0.6) is 0 Å². The smallest absolute Gasteiger partial charge is 0.258 e. The Hall–Kier alpha value is -3.56. The van der Waals surface area contributed by atoms with Crippen molar-refractivity contribution < 1.29 is 8.78 Å². The van der Waals surface area contributed by atoms with E-state index < -0.39 is 11.6 Å². The first-order chi connectivity index (χ1) is 16.0. The fraction of sp³-hybridized carbons (Fsp3) is 0.0435. The van der Waals surface area contributed by atoms with Crippen molar-refractivity contribution in [1.29, 1.82) is 0 Å². The summed E-state index contributed by atoms with van der Waals surface area (Å²) < 4.78 is 28.3. The number of thioether (sulfide) groups is 1. The van der Waals surface area contributed by atoms with E-state index in [4.69, 9.17) is 11.6 Å². The molecule has 1 N–H and O–H groups in total. The molecule has 0 spiro atoms. The molecular weight excluding hydrogens is 468 g/mol. The summed E-state index contributed by atoms with van der Waals surface area (Å²) in [7, 11) is 0. The van der Waals surface area contributed by atoms with Crippen molar-refractivity contribution in [2.24, 2.45) is 0 Å².